The van der Waals surface area contributed by atoms with Crippen molar-refractivity contribution in [1.82, 2.24) is 14.8 Å². The standard InChI is InChI=1S/C27H37N5O4S.2ClH/c1-27(2,3)20-15-21(25(36-5)22(16-20)30-37(6,34)35)29-26(33)23-14-18-8-7-9-19(24(18)31(23)4)17-32-12-10-28-11-13-32;;/h7-9,14-16,28,30H,10-13,17H2,1-6H3,(H,29,33);2*1H. The number of methoxy groups -OCH3 is 1. The highest BCUT2D eigenvalue weighted by Gasteiger charge is 2.24. The first kappa shape index (κ1) is 32.7. The number of aromatic nitrogens is 1. The fourth-order valence-electron chi connectivity index (χ4n) is 4.79. The van der Waals surface area contributed by atoms with Gasteiger partial charge in [-0.1, -0.05) is 39.0 Å². The van der Waals surface area contributed by atoms with Crippen LogP contribution in [0, 0.1) is 0 Å². The number of para-hydroxylation sites is 1. The highest BCUT2D eigenvalue weighted by atomic mass is 35.5. The number of nitrogens with one attached hydrogen (secondary N) is 3. The molecule has 2 heterocycles. The van der Waals surface area contributed by atoms with Crippen molar-refractivity contribution in [2.75, 3.05) is 49.6 Å². The molecule has 1 saturated heterocycles. The van der Waals surface area contributed by atoms with Crippen LogP contribution in [0.2, 0.25) is 0 Å². The molecule has 12 heteroatoms. The van der Waals surface area contributed by atoms with Gasteiger partial charge in [-0.25, -0.2) is 8.42 Å². The number of hydrogen-bond donors (Lipinski definition) is 3. The van der Waals surface area contributed by atoms with Crippen molar-refractivity contribution >= 4 is 63.0 Å². The molecule has 1 amide bonds. The number of amides is 1. The Morgan fingerprint density at radius 2 is 1.72 bits per heavy atom. The van der Waals surface area contributed by atoms with Gasteiger partial charge in [-0.05, 0) is 34.7 Å². The maximum absolute atomic E-state index is 13.6. The lowest BCUT2D eigenvalue weighted by atomic mass is 9.86. The van der Waals surface area contributed by atoms with Crippen molar-refractivity contribution in [1.29, 1.82) is 0 Å². The van der Waals surface area contributed by atoms with Crippen LogP contribution in [0.25, 0.3) is 10.9 Å². The molecule has 0 bridgehead atoms. The smallest absolute Gasteiger partial charge is 0.272 e. The number of fused-ring (bicyclic) bond motifs is 1. The molecule has 1 aliphatic rings. The predicted molar refractivity (Wildman–Crippen MR) is 164 cm³/mol. The van der Waals surface area contributed by atoms with E-state index >= 15 is 0 Å². The summed E-state index contributed by atoms with van der Waals surface area (Å²) in [6.07, 6.45) is 1.09. The molecule has 1 fully saturated rings. The van der Waals surface area contributed by atoms with Gasteiger partial charge in [0, 0.05) is 45.2 Å². The number of halogens is 2. The van der Waals surface area contributed by atoms with Crippen molar-refractivity contribution < 1.29 is 17.9 Å². The van der Waals surface area contributed by atoms with E-state index in [0.717, 1.165) is 55.4 Å². The number of aryl methyl sites for hydroxylation is 1. The molecule has 39 heavy (non-hydrogen) atoms. The van der Waals surface area contributed by atoms with Gasteiger partial charge in [0.05, 0.1) is 30.3 Å². The molecule has 1 aromatic heterocycles. The Hall–Kier alpha value is -2.50. The van der Waals surface area contributed by atoms with Crippen molar-refractivity contribution in [3.05, 3.63) is 53.2 Å². The van der Waals surface area contributed by atoms with Crippen LogP contribution in [0.1, 0.15) is 42.4 Å². The Balaban J connectivity index is 0.00000267. The summed E-state index contributed by atoms with van der Waals surface area (Å²) in [5, 5.41) is 7.36. The maximum atomic E-state index is 13.6. The zero-order valence-corrected chi connectivity index (χ0v) is 25.7. The summed E-state index contributed by atoms with van der Waals surface area (Å²) in [6.45, 7) is 10.8. The zero-order chi connectivity index (χ0) is 27.0. The number of sulfonamides is 1. The van der Waals surface area contributed by atoms with E-state index in [4.69, 9.17) is 4.74 Å². The quantitative estimate of drug-likeness (QED) is 0.373. The predicted octanol–water partition coefficient (Wildman–Crippen LogP) is 4.36. The third kappa shape index (κ3) is 7.58. The molecule has 3 N–H and O–H groups in total. The number of anilines is 2. The zero-order valence-electron chi connectivity index (χ0n) is 23.3. The molecule has 216 valence electrons. The van der Waals surface area contributed by atoms with Crippen LogP contribution in [0.5, 0.6) is 5.75 Å². The van der Waals surface area contributed by atoms with E-state index in [-0.39, 0.29) is 47.6 Å². The van der Waals surface area contributed by atoms with Crippen LogP contribution in [-0.2, 0) is 29.0 Å². The summed E-state index contributed by atoms with van der Waals surface area (Å²) in [5.74, 6) is -0.0496. The average molecular weight is 601 g/mol. The monoisotopic (exact) mass is 599 g/mol. The summed E-state index contributed by atoms with van der Waals surface area (Å²) in [7, 11) is -0.212. The van der Waals surface area contributed by atoms with E-state index in [2.05, 4.69) is 26.3 Å². The van der Waals surface area contributed by atoms with E-state index in [1.165, 1.54) is 12.7 Å². The van der Waals surface area contributed by atoms with Crippen molar-refractivity contribution in [2.45, 2.75) is 32.7 Å². The lowest BCUT2D eigenvalue weighted by Gasteiger charge is -2.27. The molecule has 0 spiro atoms. The molecule has 3 aromatic rings. The van der Waals surface area contributed by atoms with Crippen molar-refractivity contribution in [2.24, 2.45) is 7.05 Å². The molecular weight excluding hydrogens is 561 g/mol. The number of piperazine rings is 1. The van der Waals surface area contributed by atoms with Crippen LogP contribution in [0.15, 0.2) is 36.4 Å². The van der Waals surface area contributed by atoms with E-state index in [0.29, 0.717) is 11.4 Å². The van der Waals surface area contributed by atoms with Crippen LogP contribution >= 0.6 is 24.8 Å². The Kier molecular flexibility index (Phi) is 10.7. The second kappa shape index (κ2) is 12.8. The first-order valence-corrected chi connectivity index (χ1v) is 14.3. The van der Waals surface area contributed by atoms with E-state index in [9.17, 15) is 13.2 Å². The third-order valence-electron chi connectivity index (χ3n) is 6.68. The normalized spacial score (nSPS) is 14.3. The number of rotatable bonds is 7. The Bertz CT molecular complexity index is 1430. The molecule has 0 aliphatic carbocycles. The topological polar surface area (TPSA) is 105 Å². The molecule has 4 rings (SSSR count). The third-order valence-corrected chi connectivity index (χ3v) is 7.27. The summed E-state index contributed by atoms with van der Waals surface area (Å²) >= 11 is 0. The second-order valence-corrected chi connectivity index (χ2v) is 12.4. The van der Waals surface area contributed by atoms with Crippen LogP contribution in [0.4, 0.5) is 11.4 Å². The van der Waals surface area contributed by atoms with E-state index in [1.807, 2.05) is 56.7 Å². The number of carbonyl (C=O) groups excluding carboxylic acids is 1. The highest BCUT2D eigenvalue weighted by molar-refractivity contribution is 7.92. The van der Waals surface area contributed by atoms with Gasteiger partial charge in [0.1, 0.15) is 5.69 Å². The minimum absolute atomic E-state index is 0. The fourth-order valence-corrected chi connectivity index (χ4v) is 5.34. The van der Waals surface area contributed by atoms with Gasteiger partial charge in [0.15, 0.2) is 5.75 Å². The number of hydrogen-bond acceptors (Lipinski definition) is 6. The maximum Gasteiger partial charge on any atom is 0.272 e. The van der Waals surface area contributed by atoms with Gasteiger partial charge in [0.25, 0.3) is 5.91 Å². The minimum Gasteiger partial charge on any atom is -0.492 e. The number of carbonyl (C=O) groups is 1. The second-order valence-electron chi connectivity index (χ2n) is 10.7. The molecule has 9 nitrogen and oxygen atoms in total. The molecule has 2 aromatic carbocycles. The van der Waals surface area contributed by atoms with Gasteiger partial charge in [-0.15, -0.1) is 24.8 Å². The first-order chi connectivity index (χ1) is 17.4. The van der Waals surface area contributed by atoms with Gasteiger partial charge in [-0.2, -0.15) is 0 Å². The van der Waals surface area contributed by atoms with Gasteiger partial charge in [-0.3, -0.25) is 14.4 Å². The SMILES string of the molecule is COc1c(NC(=O)c2cc3cccc(CN4CCNCC4)c3n2C)cc(C(C)(C)C)cc1NS(C)(=O)=O.Cl.Cl. The lowest BCUT2D eigenvalue weighted by Crippen LogP contribution is -2.42. The number of ether oxygens (including phenoxy) is 1. The van der Waals surface area contributed by atoms with Gasteiger partial charge in [0.2, 0.25) is 10.0 Å². The molecule has 0 unspecified atom stereocenters. The largest absolute Gasteiger partial charge is 0.492 e. The van der Waals surface area contributed by atoms with Gasteiger partial charge < -0.3 is 19.9 Å². The summed E-state index contributed by atoms with van der Waals surface area (Å²) < 4.78 is 34.1. The van der Waals surface area contributed by atoms with Crippen molar-refractivity contribution in [3.8, 4) is 5.75 Å². The fraction of sp³-hybridized carbons (Fsp3) is 0.444. The van der Waals surface area contributed by atoms with E-state index < -0.39 is 10.0 Å². The summed E-state index contributed by atoms with van der Waals surface area (Å²) in [4.78, 5) is 16.0. The Morgan fingerprint density at radius 3 is 2.31 bits per heavy atom. The Labute approximate surface area is 243 Å². The first-order valence-electron chi connectivity index (χ1n) is 12.4. The highest BCUT2D eigenvalue weighted by Crippen LogP contribution is 2.39. The number of nitrogens with zero attached hydrogens (tertiary/aromatic N) is 2. The van der Waals surface area contributed by atoms with Gasteiger partial charge >= 0.3 is 0 Å². The number of benzene rings is 2. The van der Waals surface area contributed by atoms with Crippen LogP contribution < -0.4 is 20.1 Å². The average Bonchev–Trinajstić information content (AvgIpc) is 3.15. The minimum atomic E-state index is -3.57. The molecule has 0 radical (unpaired) electrons. The van der Waals surface area contributed by atoms with Crippen LogP contribution in [0.3, 0.4) is 0 Å². The molecule has 1 aliphatic heterocycles. The van der Waals surface area contributed by atoms with Crippen LogP contribution in [-0.4, -0.2) is 63.3 Å². The molecule has 0 saturated carbocycles. The molecular formula is C27H39Cl2N5O4S. The van der Waals surface area contributed by atoms with Crippen molar-refractivity contribution in [3.63, 3.8) is 0 Å². The Morgan fingerprint density at radius 1 is 1.08 bits per heavy atom. The van der Waals surface area contributed by atoms with E-state index in [1.54, 1.807) is 6.07 Å². The molecule has 0 atom stereocenters. The summed E-state index contributed by atoms with van der Waals surface area (Å²) in [5.41, 5.74) is 3.95. The summed E-state index contributed by atoms with van der Waals surface area (Å²) in [6, 6.07) is 11.6. The lowest BCUT2D eigenvalue weighted by molar-refractivity contribution is 0.101.